The number of amides is 1. The van der Waals surface area contributed by atoms with Crippen LogP contribution in [0.4, 0.5) is 15.8 Å². The van der Waals surface area contributed by atoms with Gasteiger partial charge < -0.3 is 11.1 Å². The Hall–Kier alpha value is -1.53. The lowest BCUT2D eigenvalue weighted by Gasteiger charge is -2.13. The van der Waals surface area contributed by atoms with Gasteiger partial charge in [-0.3, -0.25) is 4.79 Å². The number of rotatable bonds is 4. The van der Waals surface area contributed by atoms with Gasteiger partial charge in [-0.2, -0.15) is 0 Å². The smallest absolute Gasteiger partial charge is 0.237 e. The first-order valence-corrected chi connectivity index (χ1v) is 7.91. The maximum Gasteiger partial charge on any atom is 0.237 e. The molecule has 2 aromatic rings. The van der Waals surface area contributed by atoms with Gasteiger partial charge in [-0.1, -0.05) is 22.0 Å². The third kappa shape index (κ3) is 4.47. The van der Waals surface area contributed by atoms with Crippen molar-refractivity contribution in [3.63, 3.8) is 0 Å². The highest BCUT2D eigenvalue weighted by molar-refractivity contribution is 9.10. The van der Waals surface area contributed by atoms with Crippen LogP contribution in [0.15, 0.2) is 51.8 Å². The molecule has 0 aromatic heterocycles. The number of carbonyl (C=O) groups excluding carboxylic acids is 1. The summed E-state index contributed by atoms with van der Waals surface area (Å²) in [6, 6.07) is 11.7. The Balaban J connectivity index is 2.04. The first kappa shape index (κ1) is 15.9. The minimum absolute atomic E-state index is 0.0988. The van der Waals surface area contributed by atoms with E-state index >= 15 is 0 Å². The molecule has 1 atom stereocenters. The van der Waals surface area contributed by atoms with Crippen LogP contribution < -0.4 is 11.1 Å². The Morgan fingerprint density at radius 3 is 2.81 bits per heavy atom. The van der Waals surface area contributed by atoms with Crippen molar-refractivity contribution >= 4 is 45.0 Å². The highest BCUT2D eigenvalue weighted by Crippen LogP contribution is 2.27. The Labute approximate surface area is 135 Å². The molecule has 0 radical (unpaired) electrons. The van der Waals surface area contributed by atoms with E-state index in [9.17, 15) is 9.18 Å². The molecule has 0 aliphatic rings. The van der Waals surface area contributed by atoms with Crippen molar-refractivity contribution in [3.8, 4) is 0 Å². The normalized spacial score (nSPS) is 12.0. The number of hydrogen-bond donors (Lipinski definition) is 2. The van der Waals surface area contributed by atoms with Gasteiger partial charge in [0.05, 0.1) is 10.9 Å². The van der Waals surface area contributed by atoms with Gasteiger partial charge in [-0.15, -0.1) is 11.8 Å². The lowest BCUT2D eigenvalue weighted by molar-refractivity contribution is -0.115. The van der Waals surface area contributed by atoms with Crippen molar-refractivity contribution in [2.45, 2.75) is 17.1 Å². The van der Waals surface area contributed by atoms with Crippen LogP contribution in [0.2, 0.25) is 0 Å². The Morgan fingerprint density at radius 2 is 2.10 bits per heavy atom. The van der Waals surface area contributed by atoms with Crippen molar-refractivity contribution in [2.24, 2.45) is 0 Å². The van der Waals surface area contributed by atoms with Gasteiger partial charge in [-0.25, -0.2) is 4.39 Å². The number of nitrogens with two attached hydrogens (primary N) is 1. The number of anilines is 2. The number of hydrogen-bond acceptors (Lipinski definition) is 3. The van der Waals surface area contributed by atoms with Gasteiger partial charge in [0.25, 0.3) is 0 Å². The molecule has 110 valence electrons. The van der Waals surface area contributed by atoms with E-state index in [-0.39, 0.29) is 16.8 Å². The zero-order chi connectivity index (χ0) is 15.4. The lowest BCUT2D eigenvalue weighted by Crippen LogP contribution is -2.23. The molecule has 2 aromatic carbocycles. The maximum absolute atomic E-state index is 13.6. The van der Waals surface area contributed by atoms with Crippen LogP contribution in [0.1, 0.15) is 6.92 Å². The van der Waals surface area contributed by atoms with E-state index < -0.39 is 5.82 Å². The van der Waals surface area contributed by atoms with Crippen molar-refractivity contribution in [1.29, 1.82) is 0 Å². The number of benzene rings is 2. The largest absolute Gasteiger partial charge is 0.399 e. The Morgan fingerprint density at radius 1 is 1.33 bits per heavy atom. The highest BCUT2D eigenvalue weighted by atomic mass is 79.9. The fraction of sp³-hybridized carbons (Fsp3) is 0.133. The SMILES string of the molecule is CC(Sc1cccc(Br)c1)C(=O)Nc1cc(N)ccc1F. The van der Waals surface area contributed by atoms with Crippen LogP contribution in [0, 0.1) is 5.82 Å². The van der Waals surface area contributed by atoms with Crippen LogP contribution in [0.5, 0.6) is 0 Å². The van der Waals surface area contributed by atoms with Crippen LogP contribution in [0.25, 0.3) is 0 Å². The molecule has 6 heteroatoms. The zero-order valence-electron chi connectivity index (χ0n) is 11.3. The molecular weight excluding hydrogens is 355 g/mol. The van der Waals surface area contributed by atoms with E-state index in [2.05, 4.69) is 21.2 Å². The molecule has 0 aliphatic carbocycles. The summed E-state index contributed by atoms with van der Waals surface area (Å²) < 4.78 is 14.5. The average Bonchev–Trinajstić information content (AvgIpc) is 2.43. The average molecular weight is 369 g/mol. The van der Waals surface area contributed by atoms with E-state index in [1.165, 1.54) is 30.0 Å². The fourth-order valence-electron chi connectivity index (χ4n) is 1.67. The topological polar surface area (TPSA) is 55.1 Å². The molecule has 0 saturated heterocycles. The monoisotopic (exact) mass is 368 g/mol. The van der Waals surface area contributed by atoms with Crippen molar-refractivity contribution in [2.75, 3.05) is 11.1 Å². The predicted octanol–water partition coefficient (Wildman–Crippen LogP) is 4.29. The first-order chi connectivity index (χ1) is 9.95. The van der Waals surface area contributed by atoms with Gasteiger partial charge in [-0.05, 0) is 43.3 Å². The first-order valence-electron chi connectivity index (χ1n) is 6.24. The Kier molecular flexibility index (Phi) is 5.25. The summed E-state index contributed by atoms with van der Waals surface area (Å²) in [6.07, 6.45) is 0. The second kappa shape index (κ2) is 6.95. The van der Waals surface area contributed by atoms with E-state index in [4.69, 9.17) is 5.73 Å². The van der Waals surface area contributed by atoms with Crippen LogP contribution in [-0.2, 0) is 4.79 Å². The molecule has 0 heterocycles. The number of thioether (sulfide) groups is 1. The second-order valence-electron chi connectivity index (χ2n) is 4.45. The van der Waals surface area contributed by atoms with E-state index in [0.29, 0.717) is 5.69 Å². The molecule has 3 N–H and O–H groups in total. The number of nitrogens with one attached hydrogen (secondary N) is 1. The minimum atomic E-state index is -0.503. The Bertz CT molecular complexity index is 666. The van der Waals surface area contributed by atoms with Crippen molar-refractivity contribution in [1.82, 2.24) is 0 Å². The van der Waals surface area contributed by atoms with E-state index in [1.807, 2.05) is 24.3 Å². The molecule has 3 nitrogen and oxygen atoms in total. The molecule has 0 bridgehead atoms. The molecule has 0 aliphatic heterocycles. The molecule has 0 fully saturated rings. The highest BCUT2D eigenvalue weighted by Gasteiger charge is 2.16. The number of nitrogen functional groups attached to an aromatic ring is 1. The van der Waals surface area contributed by atoms with Crippen LogP contribution in [0.3, 0.4) is 0 Å². The van der Waals surface area contributed by atoms with Gasteiger partial charge >= 0.3 is 0 Å². The quantitative estimate of drug-likeness (QED) is 0.625. The summed E-state index contributed by atoms with van der Waals surface area (Å²) in [5.74, 6) is -0.776. The summed E-state index contributed by atoms with van der Waals surface area (Å²) in [4.78, 5) is 13.1. The third-order valence-electron chi connectivity index (χ3n) is 2.73. The number of carbonyl (C=O) groups is 1. The van der Waals surface area contributed by atoms with Crippen molar-refractivity contribution in [3.05, 3.63) is 52.8 Å². The second-order valence-corrected chi connectivity index (χ2v) is 6.78. The molecule has 1 unspecified atom stereocenters. The zero-order valence-corrected chi connectivity index (χ0v) is 13.7. The molecule has 0 spiro atoms. The van der Waals surface area contributed by atoms with Gasteiger partial charge in [0.15, 0.2) is 0 Å². The predicted molar refractivity (Wildman–Crippen MR) is 88.9 cm³/mol. The molecule has 2 rings (SSSR count). The van der Waals surface area contributed by atoms with Crippen LogP contribution in [-0.4, -0.2) is 11.2 Å². The summed E-state index contributed by atoms with van der Waals surface area (Å²) in [6.45, 7) is 1.77. The van der Waals surface area contributed by atoms with Crippen LogP contribution >= 0.6 is 27.7 Å². The molecule has 1 amide bonds. The molecular formula is C15H14BrFN2OS. The molecule has 0 saturated carbocycles. The summed E-state index contributed by atoms with van der Waals surface area (Å²) >= 11 is 4.78. The molecule has 21 heavy (non-hydrogen) atoms. The number of halogens is 2. The summed E-state index contributed by atoms with van der Waals surface area (Å²) in [5, 5.41) is 2.20. The standard InChI is InChI=1S/C15H14BrFN2OS/c1-9(21-12-4-2-3-10(16)7-12)15(20)19-14-8-11(18)5-6-13(14)17/h2-9H,18H2,1H3,(H,19,20). The van der Waals surface area contributed by atoms with Gasteiger partial charge in [0.1, 0.15) is 5.82 Å². The maximum atomic E-state index is 13.6. The fourth-order valence-corrected chi connectivity index (χ4v) is 3.15. The van der Waals surface area contributed by atoms with Crippen molar-refractivity contribution < 1.29 is 9.18 Å². The summed E-state index contributed by atoms with van der Waals surface area (Å²) in [7, 11) is 0. The van der Waals surface area contributed by atoms with Gasteiger partial charge in [0, 0.05) is 15.1 Å². The van der Waals surface area contributed by atoms with E-state index in [0.717, 1.165) is 9.37 Å². The minimum Gasteiger partial charge on any atom is -0.399 e. The van der Waals surface area contributed by atoms with E-state index in [1.54, 1.807) is 6.92 Å². The third-order valence-corrected chi connectivity index (χ3v) is 4.31. The van der Waals surface area contributed by atoms with Gasteiger partial charge in [0.2, 0.25) is 5.91 Å². The lowest BCUT2D eigenvalue weighted by atomic mass is 10.2. The summed E-state index contributed by atoms with van der Waals surface area (Å²) in [5.41, 5.74) is 6.09.